The van der Waals surface area contributed by atoms with Gasteiger partial charge in [-0.2, -0.15) is 0 Å². The van der Waals surface area contributed by atoms with Gasteiger partial charge >= 0.3 is 5.97 Å². The fourth-order valence-corrected chi connectivity index (χ4v) is 10.8. The molecular formula is C29H44O3. The van der Waals surface area contributed by atoms with Crippen molar-refractivity contribution in [2.75, 3.05) is 0 Å². The average molecular weight is 441 g/mol. The summed E-state index contributed by atoms with van der Waals surface area (Å²) in [6.07, 6.45) is 12.0. The Kier molecular flexibility index (Phi) is 4.10. The molecule has 0 unspecified atom stereocenters. The molecule has 3 heteroatoms. The second-order valence-electron chi connectivity index (χ2n) is 14.4. The van der Waals surface area contributed by atoms with Crippen LogP contribution in [0.2, 0.25) is 0 Å². The molecule has 4 saturated carbocycles. The number of carbonyl (C=O) groups is 1. The van der Waals surface area contributed by atoms with Crippen molar-refractivity contribution in [2.45, 2.75) is 124 Å². The van der Waals surface area contributed by atoms with E-state index in [1.807, 2.05) is 0 Å². The van der Waals surface area contributed by atoms with Crippen molar-refractivity contribution in [3.05, 3.63) is 11.1 Å². The molecular weight excluding hydrogens is 396 g/mol. The van der Waals surface area contributed by atoms with E-state index in [1.165, 1.54) is 37.7 Å². The number of aliphatic hydroxyl groups is 1. The zero-order valence-electron chi connectivity index (χ0n) is 21.3. The first kappa shape index (κ1) is 21.7. The van der Waals surface area contributed by atoms with E-state index < -0.39 is 0 Å². The SMILES string of the molecule is CC1(C)[C@@H](O)CC[C@]2(C)[C@H]3CCC4=C5C[C@]6(C)CC[C@@]5(CC[C@@]4(C)[C@]3(C)CC[C@@H]12)C(=O)O6. The van der Waals surface area contributed by atoms with Crippen molar-refractivity contribution in [3.63, 3.8) is 0 Å². The van der Waals surface area contributed by atoms with Gasteiger partial charge in [-0.05, 0) is 110 Å². The minimum Gasteiger partial charge on any atom is -0.458 e. The van der Waals surface area contributed by atoms with Crippen LogP contribution in [0, 0.1) is 38.9 Å². The van der Waals surface area contributed by atoms with E-state index in [4.69, 9.17) is 4.74 Å². The van der Waals surface area contributed by atoms with Gasteiger partial charge < -0.3 is 9.84 Å². The molecule has 3 nitrogen and oxygen atoms in total. The van der Waals surface area contributed by atoms with Crippen LogP contribution in [-0.2, 0) is 9.53 Å². The first-order chi connectivity index (χ1) is 14.8. The van der Waals surface area contributed by atoms with Gasteiger partial charge in [0.1, 0.15) is 5.60 Å². The monoisotopic (exact) mass is 440 g/mol. The maximum atomic E-state index is 13.2. The number of esters is 1. The third-order valence-electron chi connectivity index (χ3n) is 13.0. The van der Waals surface area contributed by atoms with Crippen molar-refractivity contribution >= 4 is 5.97 Å². The highest BCUT2D eigenvalue weighted by molar-refractivity contribution is 5.84. The number of hydrogen-bond acceptors (Lipinski definition) is 3. The molecule has 7 rings (SSSR count). The third kappa shape index (κ3) is 2.26. The number of fused-ring (bicyclic) bond motifs is 7. The number of allylic oxidation sites excluding steroid dienone is 1. The summed E-state index contributed by atoms with van der Waals surface area (Å²) in [5.41, 5.74) is 3.40. The van der Waals surface area contributed by atoms with E-state index in [-0.39, 0.29) is 39.3 Å². The van der Waals surface area contributed by atoms with Gasteiger partial charge in [0.2, 0.25) is 0 Å². The normalized spacial score (nSPS) is 56.0. The molecule has 32 heavy (non-hydrogen) atoms. The third-order valence-corrected chi connectivity index (χ3v) is 13.0. The molecule has 0 aromatic heterocycles. The molecule has 2 aliphatic heterocycles. The Morgan fingerprint density at radius 2 is 1.53 bits per heavy atom. The van der Waals surface area contributed by atoms with Crippen molar-refractivity contribution < 1.29 is 14.6 Å². The topological polar surface area (TPSA) is 46.5 Å². The molecule has 2 heterocycles. The summed E-state index contributed by atoms with van der Waals surface area (Å²) in [4.78, 5) is 13.2. The molecule has 0 aromatic rings. The smallest absolute Gasteiger partial charge is 0.316 e. The van der Waals surface area contributed by atoms with Crippen molar-refractivity contribution in [1.82, 2.24) is 0 Å². The molecule has 0 amide bonds. The number of ether oxygens (including phenoxy) is 1. The van der Waals surface area contributed by atoms with Gasteiger partial charge in [0.05, 0.1) is 11.5 Å². The summed E-state index contributed by atoms with van der Waals surface area (Å²) in [6, 6.07) is 0. The molecule has 1 spiro atoms. The van der Waals surface area contributed by atoms with Crippen molar-refractivity contribution in [1.29, 1.82) is 0 Å². The van der Waals surface area contributed by atoms with Gasteiger partial charge in [0.25, 0.3) is 0 Å². The number of hydrogen-bond donors (Lipinski definition) is 1. The Bertz CT molecular complexity index is 917. The summed E-state index contributed by atoms with van der Waals surface area (Å²) >= 11 is 0. The number of aliphatic hydroxyl groups excluding tert-OH is 1. The predicted molar refractivity (Wildman–Crippen MR) is 126 cm³/mol. The van der Waals surface area contributed by atoms with Gasteiger partial charge in [-0.3, -0.25) is 4.79 Å². The highest BCUT2D eigenvalue weighted by Gasteiger charge is 2.69. The van der Waals surface area contributed by atoms with E-state index in [0.29, 0.717) is 17.3 Å². The lowest BCUT2D eigenvalue weighted by Crippen LogP contribution is -2.65. The molecule has 0 radical (unpaired) electrons. The van der Waals surface area contributed by atoms with E-state index in [9.17, 15) is 9.90 Å². The van der Waals surface area contributed by atoms with Crippen LogP contribution in [-0.4, -0.2) is 22.8 Å². The van der Waals surface area contributed by atoms with E-state index in [1.54, 1.807) is 5.57 Å². The maximum Gasteiger partial charge on any atom is 0.316 e. The second-order valence-corrected chi connectivity index (χ2v) is 14.4. The zero-order chi connectivity index (χ0) is 22.9. The highest BCUT2D eigenvalue weighted by Crippen LogP contribution is 2.76. The van der Waals surface area contributed by atoms with Crippen LogP contribution in [0.1, 0.15) is 112 Å². The van der Waals surface area contributed by atoms with Crippen molar-refractivity contribution in [2.24, 2.45) is 38.9 Å². The Morgan fingerprint density at radius 1 is 0.812 bits per heavy atom. The standard InChI is InChI=1S/C29H44O3/c1-24(2)20-9-12-28(6)21(26(20,4)11-10-22(24)30)8-7-18-19-17-25(3)13-15-29(19,23(31)32-25)16-14-27(18,28)5/h20-22,30H,7-17H2,1-6H3/t20-,21+,22-,25-,26-,27+,28+,29-/m0/s1. The Labute approximate surface area is 194 Å². The van der Waals surface area contributed by atoms with Gasteiger partial charge in [-0.1, -0.05) is 40.2 Å². The molecule has 7 aliphatic rings. The molecule has 178 valence electrons. The molecule has 1 N–H and O–H groups in total. The van der Waals surface area contributed by atoms with Gasteiger partial charge in [-0.25, -0.2) is 0 Å². The van der Waals surface area contributed by atoms with Crippen LogP contribution in [0.3, 0.4) is 0 Å². The van der Waals surface area contributed by atoms with Crippen molar-refractivity contribution in [3.8, 4) is 0 Å². The van der Waals surface area contributed by atoms with Crippen LogP contribution in [0.5, 0.6) is 0 Å². The fourth-order valence-electron chi connectivity index (χ4n) is 10.8. The Hall–Kier alpha value is -0.830. The molecule has 2 saturated heterocycles. The van der Waals surface area contributed by atoms with Crippen LogP contribution in [0.4, 0.5) is 0 Å². The minimum atomic E-state index is -0.298. The summed E-state index contributed by atoms with van der Waals surface area (Å²) in [6.45, 7) is 14.6. The van der Waals surface area contributed by atoms with Crippen LogP contribution < -0.4 is 0 Å². The Balaban J connectivity index is 1.46. The molecule has 2 bridgehead atoms. The maximum absolute atomic E-state index is 13.2. The lowest BCUT2D eigenvalue weighted by atomic mass is 9.34. The van der Waals surface area contributed by atoms with E-state index in [2.05, 4.69) is 41.5 Å². The molecule has 5 aliphatic carbocycles. The lowest BCUT2D eigenvalue weighted by Gasteiger charge is -2.71. The lowest BCUT2D eigenvalue weighted by molar-refractivity contribution is -0.212. The number of rotatable bonds is 0. The van der Waals surface area contributed by atoms with E-state index >= 15 is 0 Å². The fraction of sp³-hybridized carbons (Fsp3) is 0.897. The van der Waals surface area contributed by atoms with E-state index in [0.717, 1.165) is 38.5 Å². The second kappa shape index (κ2) is 6.04. The van der Waals surface area contributed by atoms with Crippen LogP contribution in [0.15, 0.2) is 11.1 Å². The molecule has 0 aromatic carbocycles. The summed E-state index contributed by atoms with van der Waals surface area (Å²) in [5, 5.41) is 10.9. The summed E-state index contributed by atoms with van der Waals surface area (Å²) in [7, 11) is 0. The molecule has 6 fully saturated rings. The predicted octanol–water partition coefficient (Wildman–Crippen LogP) is 6.58. The van der Waals surface area contributed by atoms with Gasteiger partial charge in [-0.15, -0.1) is 0 Å². The summed E-state index contributed by atoms with van der Waals surface area (Å²) < 4.78 is 6.00. The minimum absolute atomic E-state index is 0.00543. The summed E-state index contributed by atoms with van der Waals surface area (Å²) in [5.74, 6) is 1.39. The number of carbonyl (C=O) groups excluding carboxylic acids is 1. The van der Waals surface area contributed by atoms with Crippen LogP contribution >= 0.6 is 0 Å². The highest BCUT2D eigenvalue weighted by atomic mass is 16.6. The quantitative estimate of drug-likeness (QED) is 0.342. The first-order valence-electron chi connectivity index (χ1n) is 13.5. The zero-order valence-corrected chi connectivity index (χ0v) is 21.3. The van der Waals surface area contributed by atoms with Gasteiger partial charge in [0.15, 0.2) is 0 Å². The van der Waals surface area contributed by atoms with Crippen LogP contribution in [0.25, 0.3) is 0 Å². The van der Waals surface area contributed by atoms with Gasteiger partial charge in [0, 0.05) is 6.42 Å². The largest absolute Gasteiger partial charge is 0.458 e. The molecule has 8 atom stereocenters. The first-order valence-corrected chi connectivity index (χ1v) is 13.5. The average Bonchev–Trinajstić information content (AvgIpc) is 2.71. The Morgan fingerprint density at radius 3 is 2.25 bits per heavy atom.